The van der Waals surface area contributed by atoms with E-state index in [1.807, 2.05) is 37.3 Å². The third-order valence-corrected chi connectivity index (χ3v) is 5.60. The first-order valence-electron chi connectivity index (χ1n) is 10.7. The Morgan fingerprint density at radius 2 is 1.59 bits per heavy atom. The zero-order valence-corrected chi connectivity index (χ0v) is 19.4. The Labute approximate surface area is 197 Å². The van der Waals surface area contributed by atoms with E-state index < -0.39 is 0 Å². The maximum atomic E-state index is 13.1. The van der Waals surface area contributed by atoms with Crippen LogP contribution in [0.15, 0.2) is 65.1 Å². The number of carbonyl (C=O) groups excluding carboxylic acids is 2. The van der Waals surface area contributed by atoms with Gasteiger partial charge in [0.25, 0.3) is 0 Å². The molecular formula is C27H25NO6. The number of hydrogen-bond acceptors (Lipinski definition) is 6. The zero-order valence-electron chi connectivity index (χ0n) is 19.4. The van der Waals surface area contributed by atoms with Crippen molar-refractivity contribution in [2.24, 2.45) is 0 Å². The summed E-state index contributed by atoms with van der Waals surface area (Å²) < 4.78 is 21.6. The Balaban J connectivity index is 1.54. The molecule has 3 aromatic carbocycles. The van der Waals surface area contributed by atoms with Crippen LogP contribution >= 0.6 is 0 Å². The van der Waals surface area contributed by atoms with E-state index >= 15 is 0 Å². The lowest BCUT2D eigenvalue weighted by Crippen LogP contribution is -2.14. The number of methoxy groups -OCH3 is 3. The van der Waals surface area contributed by atoms with Gasteiger partial charge in [-0.2, -0.15) is 0 Å². The number of nitrogens with one attached hydrogen (secondary N) is 1. The van der Waals surface area contributed by atoms with Gasteiger partial charge in [-0.05, 0) is 55.0 Å². The number of benzene rings is 3. The van der Waals surface area contributed by atoms with Crippen molar-refractivity contribution in [2.75, 3.05) is 26.6 Å². The molecule has 7 heteroatoms. The molecule has 1 N–H and O–H groups in total. The Morgan fingerprint density at radius 3 is 2.26 bits per heavy atom. The van der Waals surface area contributed by atoms with E-state index in [-0.39, 0.29) is 23.9 Å². The number of carbonyl (C=O) groups is 2. The molecule has 0 fully saturated rings. The van der Waals surface area contributed by atoms with Gasteiger partial charge in [0.1, 0.15) is 11.3 Å². The smallest absolute Gasteiger partial charge is 0.228 e. The van der Waals surface area contributed by atoms with Crippen LogP contribution in [0, 0.1) is 6.92 Å². The van der Waals surface area contributed by atoms with Crippen molar-refractivity contribution in [3.05, 3.63) is 83.1 Å². The van der Waals surface area contributed by atoms with E-state index in [9.17, 15) is 9.59 Å². The number of anilines is 1. The van der Waals surface area contributed by atoms with Crippen molar-refractivity contribution in [3.63, 3.8) is 0 Å². The fourth-order valence-electron chi connectivity index (χ4n) is 3.76. The highest BCUT2D eigenvalue weighted by atomic mass is 16.5. The van der Waals surface area contributed by atoms with E-state index in [1.54, 1.807) is 37.4 Å². The van der Waals surface area contributed by atoms with Crippen molar-refractivity contribution in [1.29, 1.82) is 0 Å². The highest BCUT2D eigenvalue weighted by Crippen LogP contribution is 2.32. The van der Waals surface area contributed by atoms with Gasteiger partial charge < -0.3 is 23.9 Å². The van der Waals surface area contributed by atoms with Crippen LogP contribution in [-0.4, -0.2) is 33.0 Å². The number of hydrogen-bond donors (Lipinski definition) is 1. The fourth-order valence-corrected chi connectivity index (χ4v) is 3.76. The minimum Gasteiger partial charge on any atom is -0.497 e. The summed E-state index contributed by atoms with van der Waals surface area (Å²) in [4.78, 5) is 25.6. The summed E-state index contributed by atoms with van der Waals surface area (Å²) in [6.45, 7) is 1.84. The van der Waals surface area contributed by atoms with Crippen LogP contribution in [0.5, 0.6) is 17.2 Å². The number of amides is 1. The Hall–Kier alpha value is -4.26. The predicted octanol–water partition coefficient (Wildman–Crippen LogP) is 5.18. The Kier molecular flexibility index (Phi) is 6.54. The lowest BCUT2D eigenvalue weighted by molar-refractivity contribution is -0.115. The molecule has 0 atom stereocenters. The van der Waals surface area contributed by atoms with Gasteiger partial charge in [-0.3, -0.25) is 9.59 Å². The van der Waals surface area contributed by atoms with E-state index in [0.717, 1.165) is 22.3 Å². The molecule has 0 unspecified atom stereocenters. The second-order valence-electron chi connectivity index (χ2n) is 7.74. The molecule has 174 valence electrons. The van der Waals surface area contributed by atoms with E-state index in [1.165, 1.54) is 14.2 Å². The summed E-state index contributed by atoms with van der Waals surface area (Å²) in [6, 6.07) is 17.7. The molecule has 0 radical (unpaired) electrons. The third-order valence-electron chi connectivity index (χ3n) is 5.60. The molecule has 1 heterocycles. The van der Waals surface area contributed by atoms with E-state index in [2.05, 4.69) is 5.32 Å². The maximum absolute atomic E-state index is 13.1. The second-order valence-corrected chi connectivity index (χ2v) is 7.74. The number of rotatable bonds is 8. The zero-order chi connectivity index (χ0) is 24.2. The van der Waals surface area contributed by atoms with Gasteiger partial charge in [0.15, 0.2) is 17.3 Å². The molecule has 0 aliphatic carbocycles. The fraction of sp³-hybridized carbons (Fsp3) is 0.185. The van der Waals surface area contributed by atoms with Crippen LogP contribution < -0.4 is 19.5 Å². The number of fused-ring (bicyclic) bond motifs is 1. The van der Waals surface area contributed by atoms with Gasteiger partial charge in [0, 0.05) is 28.3 Å². The van der Waals surface area contributed by atoms with Crippen LogP contribution in [0.25, 0.3) is 11.0 Å². The molecule has 0 spiro atoms. The van der Waals surface area contributed by atoms with Gasteiger partial charge in [-0.15, -0.1) is 0 Å². The van der Waals surface area contributed by atoms with Crippen molar-refractivity contribution < 1.29 is 28.2 Å². The second kappa shape index (κ2) is 9.70. The Bertz CT molecular complexity index is 1350. The summed E-state index contributed by atoms with van der Waals surface area (Å²) in [5, 5.41) is 3.69. The van der Waals surface area contributed by atoms with Gasteiger partial charge in [-0.25, -0.2) is 0 Å². The summed E-state index contributed by atoms with van der Waals surface area (Å²) in [5.41, 5.74) is 3.13. The van der Waals surface area contributed by atoms with E-state index in [4.69, 9.17) is 18.6 Å². The SMILES string of the molecule is COc1ccc(CC(=O)Nc2ccc3c(C)c(C(=O)c4ccc(OC)c(OC)c4)oc3c2)cc1. The molecule has 0 aliphatic heterocycles. The van der Waals surface area contributed by atoms with E-state index in [0.29, 0.717) is 28.3 Å². The Morgan fingerprint density at radius 1 is 0.853 bits per heavy atom. The summed E-state index contributed by atoms with van der Waals surface area (Å²) in [6.07, 6.45) is 0.224. The lowest BCUT2D eigenvalue weighted by atomic mass is 10.0. The molecule has 0 saturated heterocycles. The first-order chi connectivity index (χ1) is 16.4. The van der Waals surface area contributed by atoms with Crippen LogP contribution in [0.2, 0.25) is 0 Å². The molecule has 0 bridgehead atoms. The lowest BCUT2D eigenvalue weighted by Gasteiger charge is -2.08. The minimum atomic E-state index is -0.264. The molecule has 0 saturated carbocycles. The predicted molar refractivity (Wildman–Crippen MR) is 129 cm³/mol. The van der Waals surface area contributed by atoms with Crippen molar-refractivity contribution in [1.82, 2.24) is 0 Å². The van der Waals surface area contributed by atoms with Gasteiger partial charge in [0.2, 0.25) is 11.7 Å². The molecule has 1 aromatic heterocycles. The number of aryl methyl sites for hydroxylation is 1. The van der Waals surface area contributed by atoms with Crippen LogP contribution in [0.4, 0.5) is 5.69 Å². The van der Waals surface area contributed by atoms with Crippen molar-refractivity contribution in [3.8, 4) is 17.2 Å². The highest BCUT2D eigenvalue weighted by molar-refractivity contribution is 6.11. The molecule has 1 amide bonds. The van der Waals surface area contributed by atoms with Gasteiger partial charge >= 0.3 is 0 Å². The van der Waals surface area contributed by atoms with Crippen LogP contribution in [0.1, 0.15) is 27.2 Å². The first-order valence-corrected chi connectivity index (χ1v) is 10.7. The average molecular weight is 459 g/mol. The number of ketones is 1. The maximum Gasteiger partial charge on any atom is 0.228 e. The average Bonchev–Trinajstić information content (AvgIpc) is 3.19. The largest absolute Gasteiger partial charge is 0.497 e. The highest BCUT2D eigenvalue weighted by Gasteiger charge is 2.21. The van der Waals surface area contributed by atoms with Crippen molar-refractivity contribution >= 4 is 28.3 Å². The van der Waals surface area contributed by atoms with Gasteiger partial charge in [-0.1, -0.05) is 12.1 Å². The summed E-state index contributed by atoms with van der Waals surface area (Å²) >= 11 is 0. The normalized spacial score (nSPS) is 10.7. The number of ether oxygens (including phenoxy) is 3. The third kappa shape index (κ3) is 4.59. The molecule has 7 nitrogen and oxygen atoms in total. The van der Waals surface area contributed by atoms with Gasteiger partial charge in [0.05, 0.1) is 27.8 Å². The topological polar surface area (TPSA) is 87.0 Å². The first kappa shape index (κ1) is 22.9. The standard InChI is InChI=1S/C27H25NO6/c1-16-21-11-8-19(28-25(29)13-17-5-9-20(31-2)10-6-17)15-23(21)34-27(16)26(30)18-7-12-22(32-3)24(14-18)33-4/h5-12,14-15H,13H2,1-4H3,(H,28,29). The molecule has 34 heavy (non-hydrogen) atoms. The molecule has 0 aliphatic rings. The summed E-state index contributed by atoms with van der Waals surface area (Å²) in [7, 11) is 4.65. The van der Waals surface area contributed by atoms with Crippen LogP contribution in [-0.2, 0) is 11.2 Å². The number of furan rings is 1. The molecular weight excluding hydrogens is 434 g/mol. The summed E-state index contributed by atoms with van der Waals surface area (Å²) in [5.74, 6) is 1.55. The minimum absolute atomic E-state index is 0.158. The molecule has 4 aromatic rings. The quantitative estimate of drug-likeness (QED) is 0.366. The monoisotopic (exact) mass is 459 g/mol. The van der Waals surface area contributed by atoms with Crippen molar-refractivity contribution in [2.45, 2.75) is 13.3 Å². The molecule has 4 rings (SSSR count). The van der Waals surface area contributed by atoms with Crippen LogP contribution in [0.3, 0.4) is 0 Å².